The Bertz CT molecular complexity index is 2050. The van der Waals surface area contributed by atoms with Crippen LogP contribution in [0.15, 0.2) is 103 Å². The Morgan fingerprint density at radius 2 is 1.27 bits per heavy atom. The molecule has 0 saturated heterocycles. The van der Waals surface area contributed by atoms with Crippen LogP contribution >= 0.6 is 0 Å². The van der Waals surface area contributed by atoms with E-state index in [1.54, 1.807) is 86.6 Å². The van der Waals surface area contributed by atoms with Gasteiger partial charge in [0.05, 0.1) is 33.5 Å². The van der Waals surface area contributed by atoms with Crippen LogP contribution in [-0.4, -0.2) is 91.6 Å². The molecule has 0 heterocycles. The highest BCUT2D eigenvalue weighted by Gasteiger charge is 2.37. The number of hydrogen-bond donors (Lipinski definition) is 7. The van der Waals surface area contributed by atoms with Gasteiger partial charge in [-0.2, -0.15) is 0 Å². The molecule has 7 N–H and O–H groups in total. The number of benzene rings is 4. The topological polar surface area (TPSA) is 223 Å². The van der Waals surface area contributed by atoms with E-state index in [9.17, 15) is 34.2 Å². The highest BCUT2D eigenvalue weighted by Crippen LogP contribution is 2.23. The highest BCUT2D eigenvalue weighted by atomic mass is 16.5. The average molecular weight is 856 g/mol. The summed E-state index contributed by atoms with van der Waals surface area (Å²) in [4.78, 5) is 67.4. The lowest BCUT2D eigenvalue weighted by molar-refractivity contribution is -0.141. The summed E-state index contributed by atoms with van der Waals surface area (Å²) in [5, 5.41) is 36.8. The van der Waals surface area contributed by atoms with Gasteiger partial charge in [0.25, 0.3) is 0 Å². The molecule has 332 valence electrons. The van der Waals surface area contributed by atoms with Gasteiger partial charge in [-0.15, -0.1) is 0 Å². The minimum Gasteiger partial charge on any atom is -0.507 e. The number of phenolic OH excluding ortho intramolecular Hbond substituents is 1. The van der Waals surface area contributed by atoms with Crippen LogP contribution in [0.2, 0.25) is 0 Å². The van der Waals surface area contributed by atoms with E-state index in [0.29, 0.717) is 17.1 Å². The van der Waals surface area contributed by atoms with Crippen molar-refractivity contribution in [2.75, 3.05) is 21.3 Å². The van der Waals surface area contributed by atoms with Gasteiger partial charge < -0.3 is 50.4 Å². The van der Waals surface area contributed by atoms with E-state index in [2.05, 4.69) is 26.6 Å². The van der Waals surface area contributed by atoms with Crippen LogP contribution in [0.25, 0.3) is 0 Å². The number of hydrogen-bond acceptors (Lipinski definition) is 12. The van der Waals surface area contributed by atoms with Crippen LogP contribution in [0.4, 0.5) is 4.79 Å². The molecular formula is C46H57N5O11. The van der Waals surface area contributed by atoms with Crippen molar-refractivity contribution in [3.63, 3.8) is 0 Å². The van der Waals surface area contributed by atoms with Crippen molar-refractivity contribution in [2.24, 2.45) is 5.92 Å². The molecule has 5 atom stereocenters. The summed E-state index contributed by atoms with van der Waals surface area (Å²) in [7, 11) is 4.18. The largest absolute Gasteiger partial charge is 0.507 e. The Balaban J connectivity index is 1.62. The van der Waals surface area contributed by atoms with Crippen LogP contribution in [0.1, 0.15) is 48.9 Å². The Labute approximate surface area is 361 Å². The third kappa shape index (κ3) is 15.1. The third-order valence-corrected chi connectivity index (χ3v) is 10.0. The van der Waals surface area contributed by atoms with Crippen molar-refractivity contribution in [3.8, 4) is 17.2 Å². The van der Waals surface area contributed by atoms with Crippen LogP contribution in [-0.2, 0) is 54.8 Å². The fourth-order valence-corrected chi connectivity index (χ4v) is 6.42. The predicted molar refractivity (Wildman–Crippen MR) is 230 cm³/mol. The molecule has 0 bridgehead atoms. The molecule has 16 nitrogen and oxygen atoms in total. The van der Waals surface area contributed by atoms with E-state index >= 15 is 0 Å². The van der Waals surface area contributed by atoms with Crippen molar-refractivity contribution < 1.29 is 53.1 Å². The number of aliphatic hydroxyl groups excluding tert-OH is 1. The Morgan fingerprint density at radius 3 is 1.87 bits per heavy atom. The van der Waals surface area contributed by atoms with E-state index in [-0.39, 0.29) is 44.7 Å². The van der Waals surface area contributed by atoms with E-state index in [1.165, 1.54) is 27.4 Å². The third-order valence-electron chi connectivity index (χ3n) is 10.0. The van der Waals surface area contributed by atoms with Crippen LogP contribution in [0, 0.1) is 5.92 Å². The maximum atomic E-state index is 14.5. The molecule has 0 aliphatic carbocycles. The number of aliphatic hydroxyl groups is 1. The molecule has 16 heteroatoms. The van der Waals surface area contributed by atoms with Crippen LogP contribution < -0.4 is 36.1 Å². The lowest BCUT2D eigenvalue weighted by Crippen LogP contribution is -2.63. The molecule has 0 aliphatic rings. The van der Waals surface area contributed by atoms with Gasteiger partial charge in [-0.25, -0.2) is 4.79 Å². The SMILES string of the molecule is COC(=O)CCC(NC(=O)C(NCc1ccc(OC)cc1)C(O)C(Cc1ccccc1)NC(=O)C(NC(=O)OCc1ccccc1)C(C)C)C(=O)NCc1ccc(OC)cc1O. The first-order valence-electron chi connectivity index (χ1n) is 20.2. The van der Waals surface area contributed by atoms with Gasteiger partial charge in [0.2, 0.25) is 17.7 Å². The van der Waals surface area contributed by atoms with Gasteiger partial charge in [-0.3, -0.25) is 24.5 Å². The number of carbonyl (C=O) groups is 5. The summed E-state index contributed by atoms with van der Waals surface area (Å²) in [5.41, 5.74) is 2.56. The number of alkyl carbamates (subject to hydrolysis) is 1. The molecule has 5 unspecified atom stereocenters. The van der Waals surface area contributed by atoms with Crippen molar-refractivity contribution in [3.05, 3.63) is 125 Å². The number of nitrogens with one attached hydrogen (secondary N) is 5. The van der Waals surface area contributed by atoms with E-state index in [1.807, 2.05) is 24.3 Å². The first-order valence-corrected chi connectivity index (χ1v) is 20.2. The summed E-state index contributed by atoms with van der Waals surface area (Å²) < 4.78 is 20.6. The molecule has 0 spiro atoms. The number of amides is 4. The normalized spacial score (nSPS) is 13.3. The zero-order valence-electron chi connectivity index (χ0n) is 35.6. The fourth-order valence-electron chi connectivity index (χ4n) is 6.42. The Morgan fingerprint density at radius 1 is 0.661 bits per heavy atom. The lowest BCUT2D eigenvalue weighted by atomic mass is 9.94. The van der Waals surface area contributed by atoms with Crippen molar-refractivity contribution >= 4 is 29.8 Å². The number of carbonyl (C=O) groups excluding carboxylic acids is 5. The smallest absolute Gasteiger partial charge is 0.408 e. The lowest BCUT2D eigenvalue weighted by Gasteiger charge is -2.33. The fraction of sp³-hybridized carbons (Fsp3) is 0.370. The number of ether oxygens (including phenoxy) is 4. The highest BCUT2D eigenvalue weighted by molar-refractivity contribution is 5.91. The maximum Gasteiger partial charge on any atom is 0.408 e. The zero-order valence-corrected chi connectivity index (χ0v) is 35.6. The number of esters is 1. The minimum atomic E-state index is -1.64. The quantitative estimate of drug-likeness (QED) is 0.0532. The van der Waals surface area contributed by atoms with Gasteiger partial charge >= 0.3 is 12.1 Å². The number of aromatic hydroxyl groups is 1. The van der Waals surface area contributed by atoms with Gasteiger partial charge in [-0.1, -0.05) is 86.6 Å². The molecule has 0 aliphatic heterocycles. The molecular weight excluding hydrogens is 799 g/mol. The average Bonchev–Trinajstić information content (AvgIpc) is 3.28. The molecule has 4 aromatic carbocycles. The molecule has 4 amide bonds. The summed E-state index contributed by atoms with van der Waals surface area (Å²) in [6, 6.07) is 24.7. The zero-order chi connectivity index (χ0) is 45.0. The van der Waals surface area contributed by atoms with Crippen molar-refractivity contribution in [2.45, 2.75) is 83.1 Å². The van der Waals surface area contributed by atoms with Gasteiger partial charge in [-0.05, 0) is 59.7 Å². The summed E-state index contributed by atoms with van der Waals surface area (Å²) in [6.07, 6.45) is -2.82. The molecule has 0 fully saturated rings. The van der Waals surface area contributed by atoms with E-state index in [0.717, 1.165) is 16.7 Å². The monoisotopic (exact) mass is 855 g/mol. The summed E-state index contributed by atoms with van der Waals surface area (Å²) >= 11 is 0. The molecule has 4 rings (SSSR count). The molecule has 62 heavy (non-hydrogen) atoms. The van der Waals surface area contributed by atoms with E-state index < -0.39 is 66.0 Å². The summed E-state index contributed by atoms with van der Waals surface area (Å²) in [5.74, 6) is -2.30. The molecule has 0 saturated carbocycles. The predicted octanol–water partition coefficient (Wildman–Crippen LogP) is 3.66. The molecule has 0 aromatic heterocycles. The standard InChI is InChI=1S/C46H57N5O11/c1-29(2)40(51-46(58)62-28-32-14-10-7-11-15-32)44(56)50-37(24-30-12-8-6-9-13-30)42(54)41(47-26-31-16-19-34(59-3)20-17-31)45(57)49-36(22-23-39(53)61-5)43(55)48-27-33-18-21-35(60-4)25-38(33)52/h6-21,25,29,36-37,40-42,47,52,54H,22-24,26-28H2,1-5H3,(H,48,55)(H,49,57)(H,50,56)(H,51,58). The first kappa shape index (κ1) is 48.0. The second-order valence-electron chi connectivity index (χ2n) is 14.8. The van der Waals surface area contributed by atoms with Gasteiger partial charge in [0.15, 0.2) is 0 Å². The summed E-state index contributed by atoms with van der Waals surface area (Å²) in [6.45, 7) is 3.40. The number of methoxy groups -OCH3 is 3. The number of rotatable bonds is 23. The second-order valence-corrected chi connectivity index (χ2v) is 14.8. The molecule has 0 radical (unpaired) electrons. The Kier molecular flexibility index (Phi) is 19.0. The maximum absolute atomic E-state index is 14.5. The van der Waals surface area contributed by atoms with E-state index in [4.69, 9.17) is 18.9 Å². The Hall–Kier alpha value is -6.65. The molecule has 4 aromatic rings. The first-order chi connectivity index (χ1) is 29.8. The van der Waals surface area contributed by atoms with Crippen LogP contribution in [0.3, 0.4) is 0 Å². The minimum absolute atomic E-state index is 0.0201. The van der Waals surface area contributed by atoms with Crippen molar-refractivity contribution in [1.82, 2.24) is 26.6 Å². The number of phenols is 1. The van der Waals surface area contributed by atoms with Gasteiger partial charge in [0.1, 0.15) is 42.0 Å². The van der Waals surface area contributed by atoms with Crippen LogP contribution in [0.5, 0.6) is 17.2 Å². The second kappa shape index (κ2) is 24.6. The van der Waals surface area contributed by atoms with Crippen molar-refractivity contribution in [1.29, 1.82) is 0 Å². The van der Waals surface area contributed by atoms with Gasteiger partial charge in [0, 0.05) is 31.1 Å².